The van der Waals surface area contributed by atoms with Gasteiger partial charge in [-0.3, -0.25) is 5.10 Å². The molecule has 4 nitrogen and oxygen atoms in total. The van der Waals surface area contributed by atoms with E-state index < -0.39 is 11.9 Å². The highest BCUT2D eigenvalue weighted by molar-refractivity contribution is 6.02. The second-order valence-electron chi connectivity index (χ2n) is 2.09. The van der Waals surface area contributed by atoms with Crippen LogP contribution >= 0.6 is 0 Å². The molecule has 13 heavy (non-hydrogen) atoms. The van der Waals surface area contributed by atoms with Crippen LogP contribution in [0.4, 0.5) is 13.2 Å². The van der Waals surface area contributed by atoms with Gasteiger partial charge < -0.3 is 4.84 Å². The molecule has 72 valence electrons. The van der Waals surface area contributed by atoms with Crippen LogP contribution in [0.2, 0.25) is 0 Å². The number of halogens is 3. The fourth-order valence-electron chi connectivity index (χ4n) is 0.733. The molecule has 0 aromatic carbocycles. The molecule has 0 aliphatic carbocycles. The van der Waals surface area contributed by atoms with Gasteiger partial charge in [-0.05, 0) is 6.07 Å². The average Bonchev–Trinajstić information content (AvgIpc) is 2.49. The number of rotatable bonds is 2. The maximum absolute atomic E-state index is 12.2. The van der Waals surface area contributed by atoms with E-state index in [1.807, 2.05) is 0 Å². The second kappa shape index (κ2) is 3.46. The van der Waals surface area contributed by atoms with Crippen molar-refractivity contribution in [1.29, 1.82) is 0 Å². The van der Waals surface area contributed by atoms with Crippen molar-refractivity contribution in [2.24, 2.45) is 5.16 Å². The second-order valence-corrected chi connectivity index (χ2v) is 2.09. The molecule has 1 N–H and O–H groups in total. The lowest BCUT2D eigenvalue weighted by molar-refractivity contribution is -0.0609. The lowest BCUT2D eigenvalue weighted by atomic mass is 10.3. The average molecular weight is 193 g/mol. The highest BCUT2D eigenvalue weighted by Gasteiger charge is 2.38. The van der Waals surface area contributed by atoms with E-state index in [0.717, 1.165) is 13.2 Å². The van der Waals surface area contributed by atoms with Crippen LogP contribution in [0.25, 0.3) is 0 Å². The van der Waals surface area contributed by atoms with Crippen molar-refractivity contribution in [3.05, 3.63) is 18.0 Å². The van der Waals surface area contributed by atoms with E-state index in [0.29, 0.717) is 0 Å². The Morgan fingerprint density at radius 3 is 2.69 bits per heavy atom. The normalized spacial score (nSPS) is 13.1. The van der Waals surface area contributed by atoms with E-state index in [2.05, 4.69) is 20.2 Å². The Hall–Kier alpha value is -1.53. The summed E-state index contributed by atoms with van der Waals surface area (Å²) in [6.07, 6.45) is -3.35. The summed E-state index contributed by atoms with van der Waals surface area (Å²) in [4.78, 5) is 4.07. The minimum absolute atomic E-state index is 0.227. The molecule has 0 radical (unpaired) electrons. The highest BCUT2D eigenvalue weighted by Crippen LogP contribution is 2.21. The van der Waals surface area contributed by atoms with Crippen molar-refractivity contribution >= 4 is 5.71 Å². The molecule has 0 aliphatic heterocycles. The number of aromatic amines is 1. The monoisotopic (exact) mass is 193 g/mol. The van der Waals surface area contributed by atoms with Gasteiger partial charge in [0, 0.05) is 6.20 Å². The Bertz CT molecular complexity index is 291. The molecule has 1 rings (SSSR count). The minimum Gasteiger partial charge on any atom is -0.399 e. The van der Waals surface area contributed by atoms with Crippen molar-refractivity contribution in [3.63, 3.8) is 0 Å². The molecule has 7 heteroatoms. The zero-order valence-electron chi connectivity index (χ0n) is 6.59. The maximum Gasteiger partial charge on any atom is 0.438 e. The Kier molecular flexibility index (Phi) is 2.54. The topological polar surface area (TPSA) is 50.3 Å². The van der Waals surface area contributed by atoms with Crippen molar-refractivity contribution in [2.45, 2.75) is 6.18 Å². The number of alkyl halides is 3. The van der Waals surface area contributed by atoms with Crippen LogP contribution in [0, 0.1) is 0 Å². The van der Waals surface area contributed by atoms with Crippen LogP contribution in [0.15, 0.2) is 17.4 Å². The molecule has 0 aliphatic rings. The van der Waals surface area contributed by atoms with Crippen LogP contribution in [0.1, 0.15) is 5.69 Å². The first-order valence-electron chi connectivity index (χ1n) is 3.24. The van der Waals surface area contributed by atoms with Gasteiger partial charge >= 0.3 is 6.18 Å². The first kappa shape index (κ1) is 9.56. The Labute approximate surface area is 71.4 Å². The van der Waals surface area contributed by atoms with Crippen molar-refractivity contribution in [2.75, 3.05) is 7.11 Å². The SMILES string of the molecule is CON=C(c1ccn[nH]1)C(F)(F)F. The summed E-state index contributed by atoms with van der Waals surface area (Å²) in [7, 11) is 1.04. The Balaban J connectivity index is 3.02. The fourth-order valence-corrected chi connectivity index (χ4v) is 0.733. The maximum atomic E-state index is 12.2. The van der Waals surface area contributed by atoms with Gasteiger partial charge in [-0.2, -0.15) is 18.3 Å². The van der Waals surface area contributed by atoms with Gasteiger partial charge in [0.2, 0.25) is 5.71 Å². The van der Waals surface area contributed by atoms with E-state index in [1.54, 1.807) is 0 Å². The largest absolute Gasteiger partial charge is 0.438 e. The van der Waals surface area contributed by atoms with Gasteiger partial charge in [-0.1, -0.05) is 5.16 Å². The molecule has 0 unspecified atom stereocenters. The molecule has 0 fully saturated rings. The molecule has 0 saturated heterocycles. The van der Waals surface area contributed by atoms with Gasteiger partial charge in [-0.15, -0.1) is 0 Å². The summed E-state index contributed by atoms with van der Waals surface area (Å²) < 4.78 is 36.6. The Morgan fingerprint density at radius 2 is 2.31 bits per heavy atom. The summed E-state index contributed by atoms with van der Waals surface area (Å²) in [5, 5.41) is 8.38. The number of aromatic nitrogens is 2. The number of oxime groups is 1. The molecular formula is C6H6F3N3O. The van der Waals surface area contributed by atoms with Gasteiger partial charge in [-0.25, -0.2) is 0 Å². The van der Waals surface area contributed by atoms with E-state index >= 15 is 0 Å². The standard InChI is InChI=1S/C6H6F3N3O/c1-13-12-5(6(7,8)9)4-2-3-10-11-4/h2-3H,1H3,(H,10,11). The highest BCUT2D eigenvalue weighted by atomic mass is 19.4. The van der Waals surface area contributed by atoms with Gasteiger partial charge in [0.15, 0.2) is 0 Å². The van der Waals surface area contributed by atoms with Gasteiger partial charge in [0.05, 0.1) is 5.69 Å². The van der Waals surface area contributed by atoms with E-state index in [4.69, 9.17) is 0 Å². The zero-order chi connectivity index (χ0) is 9.90. The summed E-state index contributed by atoms with van der Waals surface area (Å²) in [5.41, 5.74) is -1.36. The first-order valence-corrected chi connectivity index (χ1v) is 3.24. The zero-order valence-corrected chi connectivity index (χ0v) is 6.59. The lowest BCUT2D eigenvalue weighted by Gasteiger charge is -2.06. The van der Waals surface area contributed by atoms with Crippen LogP contribution in [0.5, 0.6) is 0 Å². The lowest BCUT2D eigenvalue weighted by Crippen LogP contribution is -2.24. The summed E-state index contributed by atoms with van der Waals surface area (Å²) in [6, 6.07) is 1.16. The number of H-pyrrole nitrogens is 1. The molecule has 0 bridgehead atoms. The number of hydrogen-bond acceptors (Lipinski definition) is 3. The van der Waals surface area contributed by atoms with Crippen LogP contribution in [0.3, 0.4) is 0 Å². The predicted molar refractivity (Wildman–Crippen MR) is 38.2 cm³/mol. The quantitative estimate of drug-likeness (QED) is 0.568. The number of nitrogens with one attached hydrogen (secondary N) is 1. The predicted octanol–water partition coefficient (Wildman–Crippen LogP) is 1.32. The smallest absolute Gasteiger partial charge is 0.399 e. The van der Waals surface area contributed by atoms with Gasteiger partial charge in [0.1, 0.15) is 7.11 Å². The van der Waals surface area contributed by atoms with E-state index in [9.17, 15) is 13.2 Å². The molecule has 1 heterocycles. The molecular weight excluding hydrogens is 187 g/mol. The first-order chi connectivity index (χ1) is 6.05. The van der Waals surface area contributed by atoms with Gasteiger partial charge in [0.25, 0.3) is 0 Å². The molecule has 0 amide bonds. The minimum atomic E-state index is -4.55. The molecule has 0 atom stereocenters. The summed E-state index contributed by atoms with van der Waals surface area (Å²) in [6.45, 7) is 0. The number of nitrogens with zero attached hydrogens (tertiary/aromatic N) is 2. The van der Waals surface area contributed by atoms with E-state index in [1.165, 1.54) is 6.20 Å². The van der Waals surface area contributed by atoms with Crippen LogP contribution < -0.4 is 0 Å². The van der Waals surface area contributed by atoms with Crippen molar-refractivity contribution < 1.29 is 18.0 Å². The van der Waals surface area contributed by atoms with Crippen molar-refractivity contribution in [3.8, 4) is 0 Å². The molecule has 0 saturated carbocycles. The van der Waals surface area contributed by atoms with Crippen molar-refractivity contribution in [1.82, 2.24) is 10.2 Å². The summed E-state index contributed by atoms with van der Waals surface area (Å²) >= 11 is 0. The molecule has 0 spiro atoms. The molecule has 1 aromatic rings. The van der Waals surface area contributed by atoms with Crippen LogP contribution in [-0.2, 0) is 4.84 Å². The Morgan fingerprint density at radius 1 is 1.62 bits per heavy atom. The third-order valence-electron chi connectivity index (χ3n) is 1.21. The summed E-state index contributed by atoms with van der Waals surface area (Å²) in [5.74, 6) is 0. The number of hydrogen-bond donors (Lipinski definition) is 1. The fraction of sp³-hybridized carbons (Fsp3) is 0.333. The third-order valence-corrected chi connectivity index (χ3v) is 1.21. The third kappa shape index (κ3) is 2.20. The van der Waals surface area contributed by atoms with E-state index in [-0.39, 0.29) is 5.69 Å². The van der Waals surface area contributed by atoms with Crippen LogP contribution in [-0.4, -0.2) is 29.2 Å². The molecule has 1 aromatic heterocycles.